The lowest BCUT2D eigenvalue weighted by atomic mass is 9.59. The first kappa shape index (κ1) is 18.7. The Kier molecular flexibility index (Phi) is 5.01. The van der Waals surface area contributed by atoms with Crippen LogP contribution in [-0.2, 0) is 0 Å². The van der Waals surface area contributed by atoms with Gasteiger partial charge in [-0.25, -0.2) is 0 Å². The Morgan fingerprint density at radius 3 is 2.19 bits per heavy atom. The van der Waals surface area contributed by atoms with Crippen LogP contribution in [0.4, 0.5) is 0 Å². The predicted octanol–water partition coefficient (Wildman–Crippen LogP) is 7.88. The van der Waals surface area contributed by atoms with Crippen LogP contribution < -0.4 is 0 Å². The van der Waals surface area contributed by atoms with Crippen LogP contribution in [0, 0.1) is 58.7 Å². The predicted molar refractivity (Wildman–Crippen MR) is 115 cm³/mol. The molecule has 0 heteroatoms. The van der Waals surface area contributed by atoms with Crippen molar-refractivity contribution < 1.29 is 0 Å². The molecule has 9 atom stereocenters. The van der Waals surface area contributed by atoms with Crippen molar-refractivity contribution in [2.45, 2.75) is 97.8 Å². The molecule has 0 bridgehead atoms. The van der Waals surface area contributed by atoms with Gasteiger partial charge in [0, 0.05) is 0 Å². The normalized spacial score (nSPS) is 51.3. The molecule has 0 heterocycles. The molecule has 0 spiro atoms. The molecule has 4 saturated carbocycles. The smallest absolute Gasteiger partial charge is 0.0168 e. The number of hydrogen-bond acceptors (Lipinski definition) is 0. The minimum atomic E-state index is 0.578. The number of fused-ring (bicyclic) bond motifs is 4. The van der Waals surface area contributed by atoms with E-state index in [-0.39, 0.29) is 0 Å². The highest BCUT2D eigenvalue weighted by atomic mass is 14.6. The average Bonchev–Trinajstić information content (AvgIpc) is 2.94. The summed E-state index contributed by atoms with van der Waals surface area (Å²) < 4.78 is 0. The summed E-state index contributed by atoms with van der Waals surface area (Å²) in [6.07, 6.45) is 23.8. The third kappa shape index (κ3) is 3.16. The lowest BCUT2D eigenvalue weighted by molar-refractivity contribution is 0.0383. The van der Waals surface area contributed by atoms with Gasteiger partial charge in [0.15, 0.2) is 0 Å². The van der Waals surface area contributed by atoms with Gasteiger partial charge < -0.3 is 0 Å². The maximum atomic E-state index is 2.70. The molecule has 0 aromatic heterocycles. The molecule has 5 aliphatic carbocycles. The highest BCUT2D eigenvalue weighted by Crippen LogP contribution is 2.64. The van der Waals surface area contributed by atoms with Gasteiger partial charge in [0.2, 0.25) is 0 Å². The molecule has 27 heavy (non-hydrogen) atoms. The first-order chi connectivity index (χ1) is 13.1. The fourth-order valence-corrected chi connectivity index (χ4v) is 9.11. The van der Waals surface area contributed by atoms with E-state index < -0.39 is 0 Å². The molecule has 5 rings (SSSR count). The van der Waals surface area contributed by atoms with Gasteiger partial charge in [-0.2, -0.15) is 0 Å². The zero-order valence-corrected chi connectivity index (χ0v) is 18.3. The van der Waals surface area contributed by atoms with Crippen molar-refractivity contribution in [2.75, 3.05) is 0 Å². The molecule has 0 N–H and O–H groups in total. The summed E-state index contributed by atoms with van der Waals surface area (Å²) in [6, 6.07) is 0. The number of rotatable bonds is 2. The van der Waals surface area contributed by atoms with Crippen LogP contribution >= 0.6 is 0 Å². The third-order valence-corrected chi connectivity index (χ3v) is 10.7. The number of hydrogen-bond donors (Lipinski definition) is 0. The van der Waals surface area contributed by atoms with E-state index in [2.05, 4.69) is 32.9 Å². The first-order valence-electron chi connectivity index (χ1n) is 12.8. The van der Waals surface area contributed by atoms with E-state index in [1.54, 1.807) is 51.4 Å². The molecule has 152 valence electrons. The van der Waals surface area contributed by atoms with Crippen LogP contribution in [0.15, 0.2) is 12.2 Å². The minimum Gasteiger partial charge on any atom is -0.0851 e. The summed E-state index contributed by atoms with van der Waals surface area (Å²) in [5.74, 6) is 9.16. The molecule has 0 aromatic carbocycles. The Hall–Kier alpha value is -0.260. The van der Waals surface area contributed by atoms with Crippen LogP contribution in [0.1, 0.15) is 97.8 Å². The summed E-state index contributed by atoms with van der Waals surface area (Å²) in [4.78, 5) is 0. The van der Waals surface area contributed by atoms with Crippen molar-refractivity contribution in [1.82, 2.24) is 0 Å². The standard InChI is InChI=1S/C27H44/c1-4-18-9-13-23-24-14-12-22(17-26(24)27(2,3)25(23)15-18)21-11-10-19-7-5-6-8-20(19)16-21/h9,13,18-26H,4-8,10-12,14-17H2,1-3H3. The highest BCUT2D eigenvalue weighted by molar-refractivity contribution is 5.14. The third-order valence-electron chi connectivity index (χ3n) is 10.7. The zero-order chi connectivity index (χ0) is 18.6. The monoisotopic (exact) mass is 368 g/mol. The second kappa shape index (κ2) is 7.21. The van der Waals surface area contributed by atoms with E-state index in [1.807, 2.05) is 0 Å². The van der Waals surface area contributed by atoms with Crippen LogP contribution in [0.25, 0.3) is 0 Å². The van der Waals surface area contributed by atoms with E-state index in [4.69, 9.17) is 0 Å². The molecule has 5 aliphatic rings. The van der Waals surface area contributed by atoms with E-state index in [0.717, 1.165) is 53.3 Å². The quantitative estimate of drug-likeness (QED) is 0.435. The van der Waals surface area contributed by atoms with Crippen LogP contribution in [-0.4, -0.2) is 0 Å². The largest absolute Gasteiger partial charge is 0.0851 e. The van der Waals surface area contributed by atoms with Crippen molar-refractivity contribution >= 4 is 0 Å². The van der Waals surface area contributed by atoms with E-state index in [9.17, 15) is 0 Å². The van der Waals surface area contributed by atoms with E-state index in [0.29, 0.717) is 5.41 Å². The molecular formula is C27H44. The fourth-order valence-electron chi connectivity index (χ4n) is 9.11. The molecule has 0 nitrogen and oxygen atoms in total. The SMILES string of the molecule is CCC1C=CC2C3CCC(C4CCC5CCCCC5C4)CC3C(C)(C)C2C1. The maximum Gasteiger partial charge on any atom is -0.0168 e. The summed E-state index contributed by atoms with van der Waals surface area (Å²) in [5.41, 5.74) is 0.578. The van der Waals surface area contributed by atoms with Crippen molar-refractivity contribution in [2.24, 2.45) is 58.7 Å². The van der Waals surface area contributed by atoms with E-state index in [1.165, 1.54) is 25.7 Å². The van der Waals surface area contributed by atoms with Gasteiger partial charge in [0.1, 0.15) is 0 Å². The van der Waals surface area contributed by atoms with E-state index >= 15 is 0 Å². The highest BCUT2D eigenvalue weighted by Gasteiger charge is 2.57. The van der Waals surface area contributed by atoms with Crippen molar-refractivity contribution in [3.05, 3.63) is 12.2 Å². The van der Waals surface area contributed by atoms with Gasteiger partial charge in [-0.05, 0) is 110 Å². The summed E-state index contributed by atoms with van der Waals surface area (Å²) in [6.45, 7) is 7.73. The van der Waals surface area contributed by atoms with Gasteiger partial charge >= 0.3 is 0 Å². The van der Waals surface area contributed by atoms with Crippen LogP contribution in [0.3, 0.4) is 0 Å². The minimum absolute atomic E-state index is 0.578. The summed E-state index contributed by atoms with van der Waals surface area (Å²) >= 11 is 0. The molecule has 0 radical (unpaired) electrons. The molecule has 0 amide bonds. The lowest BCUT2D eigenvalue weighted by Crippen LogP contribution is -2.37. The molecule has 0 aromatic rings. The Bertz CT molecular complexity index is 556. The average molecular weight is 369 g/mol. The van der Waals surface area contributed by atoms with Gasteiger partial charge in [0.05, 0.1) is 0 Å². The molecular weight excluding hydrogens is 324 g/mol. The molecule has 0 aliphatic heterocycles. The fraction of sp³-hybridized carbons (Fsp3) is 0.926. The summed E-state index contributed by atoms with van der Waals surface area (Å²) in [5, 5.41) is 0. The van der Waals surface area contributed by atoms with Crippen molar-refractivity contribution in [1.29, 1.82) is 0 Å². The lowest BCUT2D eigenvalue weighted by Gasteiger charge is -2.46. The second-order valence-corrected chi connectivity index (χ2v) is 12.0. The van der Waals surface area contributed by atoms with Gasteiger partial charge in [-0.3, -0.25) is 0 Å². The topological polar surface area (TPSA) is 0 Å². The van der Waals surface area contributed by atoms with Crippen LogP contribution in [0.5, 0.6) is 0 Å². The number of allylic oxidation sites excluding steroid dienone is 2. The van der Waals surface area contributed by atoms with Crippen LogP contribution in [0.2, 0.25) is 0 Å². The zero-order valence-electron chi connectivity index (χ0n) is 18.3. The second-order valence-electron chi connectivity index (χ2n) is 12.0. The Balaban J connectivity index is 1.29. The Morgan fingerprint density at radius 2 is 1.37 bits per heavy atom. The van der Waals surface area contributed by atoms with Gasteiger partial charge in [-0.15, -0.1) is 0 Å². The Morgan fingerprint density at radius 1 is 0.704 bits per heavy atom. The van der Waals surface area contributed by atoms with Gasteiger partial charge in [-0.1, -0.05) is 58.6 Å². The van der Waals surface area contributed by atoms with Crippen molar-refractivity contribution in [3.63, 3.8) is 0 Å². The molecule has 9 unspecified atom stereocenters. The Labute approximate surface area is 169 Å². The van der Waals surface area contributed by atoms with Crippen molar-refractivity contribution in [3.8, 4) is 0 Å². The van der Waals surface area contributed by atoms with Gasteiger partial charge in [0.25, 0.3) is 0 Å². The summed E-state index contributed by atoms with van der Waals surface area (Å²) in [7, 11) is 0. The first-order valence-corrected chi connectivity index (χ1v) is 12.8. The maximum absolute atomic E-state index is 2.70. The molecule has 4 fully saturated rings. The molecule has 0 saturated heterocycles.